The lowest BCUT2D eigenvalue weighted by molar-refractivity contribution is 0.570. The summed E-state index contributed by atoms with van der Waals surface area (Å²) in [7, 11) is -0.619. The van der Waals surface area contributed by atoms with E-state index in [1.165, 1.54) is 12.1 Å². The van der Waals surface area contributed by atoms with Gasteiger partial charge in [0.05, 0.1) is 8.80 Å². The fraction of sp³-hybridized carbons (Fsp3) is 0.400. The Hall–Kier alpha value is -0.453. The summed E-state index contributed by atoms with van der Waals surface area (Å²) in [4.78, 5) is 0. The van der Waals surface area contributed by atoms with E-state index in [-0.39, 0.29) is 18.1 Å². The van der Waals surface area contributed by atoms with Gasteiger partial charge in [-0.15, -0.1) is 12.4 Å². The van der Waals surface area contributed by atoms with Crippen molar-refractivity contribution in [3.63, 3.8) is 0 Å². The molecule has 1 aromatic rings. The molecule has 1 nitrogen and oxygen atoms in total. The van der Waals surface area contributed by atoms with Crippen LogP contribution in [0.1, 0.15) is 5.56 Å². The van der Waals surface area contributed by atoms with Crippen LogP contribution in [-0.2, 0) is 6.42 Å². The van der Waals surface area contributed by atoms with E-state index in [1.807, 2.05) is 0 Å². The van der Waals surface area contributed by atoms with Gasteiger partial charge >= 0.3 is 0 Å². The molecule has 85 valence electrons. The van der Waals surface area contributed by atoms with Gasteiger partial charge in [-0.1, -0.05) is 19.2 Å². The molecule has 1 unspecified atom stereocenters. The largest absolute Gasteiger partial charge is 0.330 e. The van der Waals surface area contributed by atoms with Crippen LogP contribution in [0.5, 0.6) is 0 Å². The van der Waals surface area contributed by atoms with Crippen molar-refractivity contribution < 1.29 is 8.78 Å². The van der Waals surface area contributed by atoms with Crippen molar-refractivity contribution in [3.8, 4) is 0 Å². The van der Waals surface area contributed by atoms with Crippen molar-refractivity contribution in [2.45, 2.75) is 25.2 Å². The van der Waals surface area contributed by atoms with E-state index in [1.54, 1.807) is 0 Å². The van der Waals surface area contributed by atoms with Crippen molar-refractivity contribution in [2.75, 3.05) is 0 Å². The second-order valence-corrected chi connectivity index (χ2v) is 6.52. The van der Waals surface area contributed by atoms with Crippen LogP contribution in [0.4, 0.5) is 8.78 Å². The Morgan fingerprint density at radius 1 is 1.33 bits per heavy atom. The lowest BCUT2D eigenvalue weighted by Crippen LogP contribution is -2.36. The topological polar surface area (TPSA) is 26.0 Å². The van der Waals surface area contributed by atoms with Crippen LogP contribution in [0.25, 0.3) is 0 Å². The molecule has 1 rings (SSSR count). The molecule has 5 heteroatoms. The number of nitrogens with two attached hydrogens (primary N) is 1. The molecule has 0 heterocycles. The second kappa shape index (κ2) is 6.20. The summed E-state index contributed by atoms with van der Waals surface area (Å²) in [5.74, 6) is -1.04. The van der Waals surface area contributed by atoms with Gasteiger partial charge in [-0.05, 0) is 23.7 Å². The van der Waals surface area contributed by atoms with E-state index in [0.29, 0.717) is 12.0 Å². The van der Waals surface area contributed by atoms with Gasteiger partial charge < -0.3 is 5.73 Å². The lowest BCUT2D eigenvalue weighted by atomic mass is 10.1. The Bertz CT molecular complexity index is 320. The fourth-order valence-electron chi connectivity index (χ4n) is 1.13. The Labute approximate surface area is 96.7 Å². The maximum atomic E-state index is 13.2. The molecule has 0 spiro atoms. The van der Waals surface area contributed by atoms with Crippen LogP contribution in [0.15, 0.2) is 18.2 Å². The predicted molar refractivity (Wildman–Crippen MR) is 62.8 cm³/mol. The molecule has 0 bridgehead atoms. The third kappa shape index (κ3) is 4.28. The fourth-order valence-corrected chi connectivity index (χ4v) is 1.76. The Morgan fingerprint density at radius 3 is 2.40 bits per heavy atom. The molecule has 0 aliphatic rings. The first-order valence-electron chi connectivity index (χ1n) is 4.50. The molecular weight excluding hydrogens is 236 g/mol. The Morgan fingerprint density at radius 2 is 1.93 bits per heavy atom. The van der Waals surface area contributed by atoms with Crippen LogP contribution in [0, 0.1) is 11.6 Å². The molecule has 0 fully saturated rings. The molecule has 0 aromatic heterocycles. The zero-order valence-corrected chi connectivity index (χ0v) is 10.6. The van der Waals surface area contributed by atoms with Gasteiger partial charge in [0.25, 0.3) is 0 Å². The normalized spacial score (nSPS) is 12.4. The van der Waals surface area contributed by atoms with Crippen molar-refractivity contribution in [1.82, 2.24) is 0 Å². The van der Waals surface area contributed by atoms with E-state index in [0.717, 1.165) is 6.07 Å². The second-order valence-electron chi connectivity index (χ2n) is 3.62. The third-order valence-electron chi connectivity index (χ3n) is 2.20. The maximum absolute atomic E-state index is 13.2. The number of rotatable bonds is 3. The molecule has 1 aromatic carbocycles. The van der Waals surface area contributed by atoms with Crippen molar-refractivity contribution in [1.29, 1.82) is 0 Å². The summed E-state index contributed by atoms with van der Waals surface area (Å²) in [6.45, 7) is 4.16. The zero-order valence-electron chi connectivity index (χ0n) is 8.76. The highest BCUT2D eigenvalue weighted by Gasteiger charge is 2.12. The molecule has 0 saturated heterocycles. The summed E-state index contributed by atoms with van der Waals surface area (Å²) in [6, 6.07) is 3.64. The average molecular weight is 251 g/mol. The molecule has 1 atom stereocenters. The van der Waals surface area contributed by atoms with Crippen LogP contribution < -0.4 is 5.73 Å². The SMILES string of the molecule is C[Si](C)C(N)Cc1ccc(F)cc1F.Cl. The number of hydrogen-bond donors (Lipinski definition) is 1. The highest BCUT2D eigenvalue weighted by atomic mass is 35.5. The first kappa shape index (κ1) is 14.5. The smallest absolute Gasteiger partial charge is 0.129 e. The molecule has 0 amide bonds. The van der Waals surface area contributed by atoms with Crippen LogP contribution >= 0.6 is 12.4 Å². The highest BCUT2D eigenvalue weighted by molar-refractivity contribution is 6.57. The number of hydrogen-bond acceptors (Lipinski definition) is 1. The Kier molecular flexibility index (Phi) is 6.01. The van der Waals surface area contributed by atoms with E-state index >= 15 is 0 Å². The van der Waals surface area contributed by atoms with Gasteiger partial charge in [0.1, 0.15) is 11.6 Å². The minimum Gasteiger partial charge on any atom is -0.330 e. The molecular formula is C10H15ClF2NSi. The highest BCUT2D eigenvalue weighted by Crippen LogP contribution is 2.11. The molecule has 1 radical (unpaired) electrons. The predicted octanol–water partition coefficient (Wildman–Crippen LogP) is 2.55. The lowest BCUT2D eigenvalue weighted by Gasteiger charge is -2.14. The summed E-state index contributed by atoms with van der Waals surface area (Å²) >= 11 is 0. The molecule has 0 aliphatic carbocycles. The van der Waals surface area contributed by atoms with Gasteiger partial charge in [0.15, 0.2) is 0 Å². The number of halogens is 3. The van der Waals surface area contributed by atoms with Crippen molar-refractivity contribution >= 4 is 21.2 Å². The van der Waals surface area contributed by atoms with Crippen molar-refractivity contribution in [3.05, 3.63) is 35.4 Å². The minimum atomic E-state index is -0.619. The summed E-state index contributed by atoms with van der Waals surface area (Å²) in [6.07, 6.45) is 0.493. The third-order valence-corrected chi connectivity index (χ3v) is 3.88. The van der Waals surface area contributed by atoms with E-state index in [9.17, 15) is 8.78 Å². The van der Waals surface area contributed by atoms with Gasteiger partial charge in [0, 0.05) is 6.07 Å². The van der Waals surface area contributed by atoms with Gasteiger partial charge in [-0.2, -0.15) is 0 Å². The first-order chi connectivity index (χ1) is 6.50. The Balaban J connectivity index is 0.00000196. The standard InChI is InChI=1S/C10H14F2NSi.ClH/c1-14(2)10(13)5-7-3-4-8(11)6-9(7)12;/h3-4,6,10H,5,13H2,1-2H3;1H. The van der Waals surface area contributed by atoms with E-state index < -0.39 is 20.4 Å². The van der Waals surface area contributed by atoms with Crippen molar-refractivity contribution in [2.24, 2.45) is 5.73 Å². The summed E-state index contributed by atoms with van der Waals surface area (Å²) in [5.41, 5.74) is 6.36. The molecule has 15 heavy (non-hydrogen) atoms. The molecule has 0 aliphatic heterocycles. The average Bonchev–Trinajstić information content (AvgIpc) is 2.09. The molecule has 0 saturated carbocycles. The van der Waals surface area contributed by atoms with Crippen LogP contribution in [-0.4, -0.2) is 14.5 Å². The molecule has 2 N–H and O–H groups in total. The van der Waals surface area contributed by atoms with Crippen LogP contribution in [0.3, 0.4) is 0 Å². The van der Waals surface area contributed by atoms with Gasteiger partial charge in [0.2, 0.25) is 0 Å². The zero-order chi connectivity index (χ0) is 10.7. The first-order valence-corrected chi connectivity index (χ1v) is 7.08. The summed E-state index contributed by atoms with van der Waals surface area (Å²) < 4.78 is 25.8. The number of benzene rings is 1. The maximum Gasteiger partial charge on any atom is 0.129 e. The minimum absolute atomic E-state index is 0. The van der Waals surface area contributed by atoms with E-state index in [2.05, 4.69) is 13.1 Å². The quantitative estimate of drug-likeness (QED) is 0.820. The van der Waals surface area contributed by atoms with Gasteiger partial charge in [-0.3, -0.25) is 0 Å². The van der Waals surface area contributed by atoms with E-state index in [4.69, 9.17) is 5.73 Å². The van der Waals surface area contributed by atoms with Crippen LogP contribution in [0.2, 0.25) is 13.1 Å². The summed E-state index contributed by atoms with van der Waals surface area (Å²) in [5, 5.41) is 0. The monoisotopic (exact) mass is 250 g/mol. The van der Waals surface area contributed by atoms with Gasteiger partial charge in [-0.25, -0.2) is 8.78 Å².